The zero-order chi connectivity index (χ0) is 13.8. The second kappa shape index (κ2) is 6.19. The van der Waals surface area contributed by atoms with Crippen LogP contribution in [0, 0.1) is 0 Å². The van der Waals surface area contributed by atoms with Crippen molar-refractivity contribution < 1.29 is 9.47 Å². The highest BCUT2D eigenvalue weighted by Gasteiger charge is 2.23. The first-order chi connectivity index (χ1) is 9.86. The minimum absolute atomic E-state index is 0.112. The minimum Gasteiger partial charge on any atom is -0.478 e. The minimum atomic E-state index is 0.112. The van der Waals surface area contributed by atoms with E-state index in [1.807, 2.05) is 13.0 Å². The number of hydrogen-bond acceptors (Lipinski definition) is 6. The quantitative estimate of drug-likeness (QED) is 0.866. The predicted octanol–water partition coefficient (Wildman–Crippen LogP) is 2.51. The Kier molecular flexibility index (Phi) is 4.13. The van der Waals surface area contributed by atoms with Crippen molar-refractivity contribution in [2.24, 2.45) is 0 Å². The molecule has 6 heteroatoms. The molecule has 2 aromatic rings. The fourth-order valence-electron chi connectivity index (χ4n) is 2.25. The largest absolute Gasteiger partial charge is 0.478 e. The SMILES string of the molecule is CCOc1cc(N2CCOC(c3ccsc3)C2)ncn1. The van der Waals surface area contributed by atoms with Crippen molar-refractivity contribution in [1.82, 2.24) is 9.97 Å². The Balaban J connectivity index is 1.74. The van der Waals surface area contributed by atoms with Crippen LogP contribution in [0.25, 0.3) is 0 Å². The number of morpholine rings is 1. The highest BCUT2D eigenvalue weighted by Crippen LogP contribution is 2.27. The van der Waals surface area contributed by atoms with Crippen LogP contribution in [0.1, 0.15) is 18.6 Å². The Morgan fingerprint density at radius 1 is 1.50 bits per heavy atom. The standard InChI is InChI=1S/C14H17N3O2S/c1-2-18-14-7-13(15-10-16-14)17-4-5-19-12(8-17)11-3-6-20-9-11/h3,6-7,9-10,12H,2,4-5,8H2,1H3. The Bertz CT molecular complexity index is 547. The van der Waals surface area contributed by atoms with Crippen LogP contribution in [-0.2, 0) is 4.74 Å². The number of nitrogens with zero attached hydrogens (tertiary/aromatic N) is 3. The molecule has 0 aliphatic carbocycles. The topological polar surface area (TPSA) is 47.5 Å². The third kappa shape index (κ3) is 2.91. The highest BCUT2D eigenvalue weighted by atomic mass is 32.1. The van der Waals surface area contributed by atoms with Crippen LogP contribution < -0.4 is 9.64 Å². The van der Waals surface area contributed by atoms with Crippen LogP contribution in [0.4, 0.5) is 5.82 Å². The van der Waals surface area contributed by atoms with Crippen molar-refractivity contribution in [3.05, 3.63) is 34.8 Å². The molecule has 1 atom stereocenters. The van der Waals surface area contributed by atoms with Crippen LogP contribution in [0.15, 0.2) is 29.2 Å². The lowest BCUT2D eigenvalue weighted by Crippen LogP contribution is -2.38. The van der Waals surface area contributed by atoms with E-state index in [1.165, 1.54) is 5.56 Å². The summed E-state index contributed by atoms with van der Waals surface area (Å²) in [7, 11) is 0. The number of anilines is 1. The second-order valence-corrected chi connectivity index (χ2v) is 5.29. The van der Waals surface area contributed by atoms with Crippen molar-refractivity contribution in [2.45, 2.75) is 13.0 Å². The summed E-state index contributed by atoms with van der Waals surface area (Å²) in [6, 6.07) is 4.00. The maximum atomic E-state index is 5.84. The lowest BCUT2D eigenvalue weighted by Gasteiger charge is -2.33. The summed E-state index contributed by atoms with van der Waals surface area (Å²) in [4.78, 5) is 10.7. The van der Waals surface area contributed by atoms with Crippen LogP contribution in [0.2, 0.25) is 0 Å². The van der Waals surface area contributed by atoms with Crippen LogP contribution in [0.5, 0.6) is 5.88 Å². The van der Waals surface area contributed by atoms with Crippen LogP contribution >= 0.6 is 11.3 Å². The fourth-order valence-corrected chi connectivity index (χ4v) is 2.95. The lowest BCUT2D eigenvalue weighted by atomic mass is 10.1. The molecule has 106 valence electrons. The molecule has 1 fully saturated rings. The summed E-state index contributed by atoms with van der Waals surface area (Å²) in [5.41, 5.74) is 1.23. The smallest absolute Gasteiger partial charge is 0.218 e. The van der Waals surface area contributed by atoms with Gasteiger partial charge in [0.1, 0.15) is 18.2 Å². The summed E-state index contributed by atoms with van der Waals surface area (Å²) in [6.45, 7) is 4.90. The summed E-state index contributed by atoms with van der Waals surface area (Å²) < 4.78 is 11.3. The Hall–Kier alpha value is -1.66. The molecule has 0 saturated carbocycles. The van der Waals surface area contributed by atoms with E-state index in [0.717, 1.165) is 18.9 Å². The number of ether oxygens (including phenoxy) is 2. The molecule has 3 heterocycles. The van der Waals surface area contributed by atoms with E-state index in [-0.39, 0.29) is 6.10 Å². The monoisotopic (exact) mass is 291 g/mol. The molecule has 0 amide bonds. The van der Waals surface area contributed by atoms with Crippen molar-refractivity contribution in [3.63, 3.8) is 0 Å². The van der Waals surface area contributed by atoms with Crippen molar-refractivity contribution >= 4 is 17.2 Å². The summed E-state index contributed by atoms with van der Waals surface area (Å²) >= 11 is 1.70. The molecule has 1 aliphatic rings. The van der Waals surface area contributed by atoms with Crippen molar-refractivity contribution in [1.29, 1.82) is 0 Å². The third-order valence-corrected chi connectivity index (χ3v) is 3.93. The van der Waals surface area contributed by atoms with E-state index in [9.17, 15) is 0 Å². The number of hydrogen-bond donors (Lipinski definition) is 0. The molecule has 1 unspecified atom stereocenters. The lowest BCUT2D eigenvalue weighted by molar-refractivity contribution is 0.0397. The second-order valence-electron chi connectivity index (χ2n) is 4.51. The Labute approximate surface area is 122 Å². The van der Waals surface area contributed by atoms with Gasteiger partial charge in [0, 0.05) is 19.2 Å². The van der Waals surface area contributed by atoms with E-state index < -0.39 is 0 Å². The zero-order valence-corrected chi connectivity index (χ0v) is 12.2. The molecule has 5 nitrogen and oxygen atoms in total. The third-order valence-electron chi connectivity index (χ3n) is 3.23. The average molecular weight is 291 g/mol. The maximum absolute atomic E-state index is 5.84. The van der Waals surface area contributed by atoms with Crippen LogP contribution in [-0.4, -0.2) is 36.3 Å². The molecular weight excluding hydrogens is 274 g/mol. The molecule has 0 radical (unpaired) electrons. The summed E-state index contributed by atoms with van der Waals surface area (Å²) in [6.07, 6.45) is 1.66. The molecule has 20 heavy (non-hydrogen) atoms. The van der Waals surface area contributed by atoms with Gasteiger partial charge in [0.15, 0.2) is 0 Å². The highest BCUT2D eigenvalue weighted by molar-refractivity contribution is 7.07. The van der Waals surface area contributed by atoms with Gasteiger partial charge in [-0.1, -0.05) is 0 Å². The van der Waals surface area contributed by atoms with E-state index >= 15 is 0 Å². The number of thiophene rings is 1. The molecular formula is C14H17N3O2S. The first-order valence-corrected chi connectivity index (χ1v) is 7.64. The average Bonchev–Trinajstić information content (AvgIpc) is 3.02. The van der Waals surface area contributed by atoms with E-state index in [4.69, 9.17) is 9.47 Å². The zero-order valence-electron chi connectivity index (χ0n) is 11.4. The normalized spacial score (nSPS) is 19.1. The van der Waals surface area contributed by atoms with Gasteiger partial charge in [0.25, 0.3) is 0 Å². The van der Waals surface area contributed by atoms with Crippen molar-refractivity contribution in [3.8, 4) is 5.88 Å². The summed E-state index contributed by atoms with van der Waals surface area (Å²) in [5.74, 6) is 1.52. The molecule has 2 aromatic heterocycles. The molecule has 0 spiro atoms. The summed E-state index contributed by atoms with van der Waals surface area (Å²) in [5, 5.41) is 4.22. The van der Waals surface area contributed by atoms with Gasteiger partial charge in [-0.05, 0) is 29.3 Å². The maximum Gasteiger partial charge on any atom is 0.218 e. The Morgan fingerprint density at radius 3 is 3.25 bits per heavy atom. The van der Waals surface area contributed by atoms with Gasteiger partial charge in [-0.2, -0.15) is 11.3 Å². The molecule has 1 aliphatic heterocycles. The fraction of sp³-hybridized carbons (Fsp3) is 0.429. The molecule has 0 aromatic carbocycles. The van der Waals surface area contributed by atoms with Gasteiger partial charge in [0.2, 0.25) is 5.88 Å². The molecule has 3 rings (SSSR count). The first-order valence-electron chi connectivity index (χ1n) is 6.70. The van der Waals surface area contributed by atoms with E-state index in [0.29, 0.717) is 19.1 Å². The van der Waals surface area contributed by atoms with Gasteiger partial charge in [-0.3, -0.25) is 0 Å². The first kappa shape index (κ1) is 13.3. The van der Waals surface area contributed by atoms with Gasteiger partial charge in [-0.15, -0.1) is 0 Å². The van der Waals surface area contributed by atoms with Crippen molar-refractivity contribution in [2.75, 3.05) is 31.2 Å². The van der Waals surface area contributed by atoms with Crippen LogP contribution in [0.3, 0.4) is 0 Å². The van der Waals surface area contributed by atoms with Gasteiger partial charge < -0.3 is 14.4 Å². The Morgan fingerprint density at radius 2 is 2.45 bits per heavy atom. The predicted molar refractivity (Wildman–Crippen MR) is 78.4 cm³/mol. The molecule has 0 bridgehead atoms. The molecule has 0 N–H and O–H groups in total. The van der Waals surface area contributed by atoms with E-state index in [1.54, 1.807) is 17.7 Å². The van der Waals surface area contributed by atoms with Gasteiger partial charge in [0.05, 0.1) is 13.2 Å². The van der Waals surface area contributed by atoms with Gasteiger partial charge >= 0.3 is 0 Å². The van der Waals surface area contributed by atoms with E-state index in [2.05, 4.69) is 31.7 Å². The molecule has 1 saturated heterocycles. The van der Waals surface area contributed by atoms with Gasteiger partial charge in [-0.25, -0.2) is 9.97 Å². The number of rotatable bonds is 4. The number of aromatic nitrogens is 2.